The monoisotopic (exact) mass is 201 g/mol. The summed E-state index contributed by atoms with van der Waals surface area (Å²) in [5.74, 6) is 0.898. The smallest absolute Gasteiger partial charge is 0.0558 e. The van der Waals surface area contributed by atoms with E-state index in [0.29, 0.717) is 13.1 Å². The zero-order chi connectivity index (χ0) is 10.2. The van der Waals surface area contributed by atoms with Gasteiger partial charge >= 0.3 is 0 Å². The van der Waals surface area contributed by atoms with Gasteiger partial charge in [0, 0.05) is 13.1 Å². The first-order valence-electron chi connectivity index (χ1n) is 5.81. The quantitative estimate of drug-likeness (QED) is 0.642. The van der Waals surface area contributed by atoms with Crippen molar-refractivity contribution in [1.82, 2.24) is 4.90 Å². The molecule has 2 N–H and O–H groups in total. The van der Waals surface area contributed by atoms with Crippen LogP contribution in [0.4, 0.5) is 0 Å². The Labute approximate surface area is 86.7 Å². The Balaban J connectivity index is 2.10. The fraction of sp³-hybridized carbons (Fsp3) is 1.00. The third kappa shape index (κ3) is 4.40. The van der Waals surface area contributed by atoms with Gasteiger partial charge in [-0.1, -0.05) is 25.7 Å². The van der Waals surface area contributed by atoms with E-state index >= 15 is 0 Å². The second-order valence-corrected chi connectivity index (χ2v) is 4.23. The van der Waals surface area contributed by atoms with Gasteiger partial charge in [-0.05, 0) is 18.9 Å². The van der Waals surface area contributed by atoms with Crippen molar-refractivity contribution in [3.8, 4) is 0 Å². The molecular weight excluding hydrogens is 178 g/mol. The van der Waals surface area contributed by atoms with Crippen LogP contribution in [0.15, 0.2) is 0 Å². The molecule has 0 bridgehead atoms. The molecule has 0 aliphatic heterocycles. The van der Waals surface area contributed by atoms with Gasteiger partial charge in [0.2, 0.25) is 0 Å². The van der Waals surface area contributed by atoms with Crippen molar-refractivity contribution in [1.29, 1.82) is 0 Å². The molecule has 0 aromatic rings. The molecule has 1 aliphatic carbocycles. The van der Waals surface area contributed by atoms with Crippen LogP contribution in [0.25, 0.3) is 0 Å². The van der Waals surface area contributed by atoms with Gasteiger partial charge in [-0.25, -0.2) is 0 Å². The highest BCUT2D eigenvalue weighted by molar-refractivity contribution is 4.69. The highest BCUT2D eigenvalue weighted by Gasteiger charge is 2.15. The molecule has 0 radical (unpaired) electrons. The molecule has 1 fully saturated rings. The van der Waals surface area contributed by atoms with E-state index in [4.69, 9.17) is 10.2 Å². The molecule has 0 heterocycles. The van der Waals surface area contributed by atoms with Gasteiger partial charge < -0.3 is 10.2 Å². The summed E-state index contributed by atoms with van der Waals surface area (Å²) >= 11 is 0. The van der Waals surface area contributed by atoms with Crippen LogP contribution in [0.2, 0.25) is 0 Å². The normalized spacial score (nSPS) is 18.2. The van der Waals surface area contributed by atoms with Crippen LogP contribution in [0, 0.1) is 5.92 Å². The van der Waals surface area contributed by atoms with Gasteiger partial charge in [-0.2, -0.15) is 0 Å². The molecule has 14 heavy (non-hydrogen) atoms. The summed E-state index contributed by atoms with van der Waals surface area (Å²) in [6.45, 7) is 2.84. The van der Waals surface area contributed by atoms with E-state index in [2.05, 4.69) is 4.90 Å². The fourth-order valence-electron chi connectivity index (χ4n) is 2.28. The second-order valence-electron chi connectivity index (χ2n) is 4.23. The lowest BCUT2D eigenvalue weighted by molar-refractivity contribution is 0.154. The fourth-order valence-corrected chi connectivity index (χ4v) is 2.28. The Morgan fingerprint density at radius 1 is 0.929 bits per heavy atom. The lowest BCUT2D eigenvalue weighted by atomic mass is 10.0. The topological polar surface area (TPSA) is 43.7 Å². The third-order valence-electron chi connectivity index (χ3n) is 3.16. The first-order valence-corrected chi connectivity index (χ1v) is 5.81. The van der Waals surface area contributed by atoms with E-state index in [1.165, 1.54) is 32.1 Å². The van der Waals surface area contributed by atoms with Gasteiger partial charge in [0.1, 0.15) is 0 Å². The molecule has 1 saturated carbocycles. The van der Waals surface area contributed by atoms with Crippen molar-refractivity contribution in [3.05, 3.63) is 0 Å². The van der Waals surface area contributed by atoms with Crippen LogP contribution in [-0.2, 0) is 0 Å². The van der Waals surface area contributed by atoms with Crippen molar-refractivity contribution in [3.63, 3.8) is 0 Å². The van der Waals surface area contributed by atoms with E-state index in [9.17, 15) is 0 Å². The Kier molecular flexibility index (Phi) is 6.15. The summed E-state index contributed by atoms with van der Waals surface area (Å²) in [5, 5.41) is 17.7. The van der Waals surface area contributed by atoms with Crippen molar-refractivity contribution in [2.75, 3.05) is 32.8 Å². The molecule has 0 amide bonds. The average molecular weight is 201 g/mol. The zero-order valence-corrected chi connectivity index (χ0v) is 8.99. The summed E-state index contributed by atoms with van der Waals surface area (Å²) < 4.78 is 0. The highest BCUT2D eigenvalue weighted by Crippen LogP contribution is 2.27. The Bertz CT molecular complexity index is 129. The summed E-state index contributed by atoms with van der Waals surface area (Å²) in [6.07, 6.45) is 6.79. The summed E-state index contributed by atoms with van der Waals surface area (Å²) in [6, 6.07) is 0. The number of aliphatic hydroxyl groups is 2. The predicted molar refractivity (Wildman–Crippen MR) is 57.2 cm³/mol. The van der Waals surface area contributed by atoms with Gasteiger partial charge in [0.25, 0.3) is 0 Å². The van der Waals surface area contributed by atoms with E-state index in [1.807, 2.05) is 0 Å². The van der Waals surface area contributed by atoms with Crippen LogP contribution < -0.4 is 0 Å². The second kappa shape index (κ2) is 7.21. The SMILES string of the molecule is OCCN(CCO)CCC1CCCC1. The van der Waals surface area contributed by atoms with Gasteiger partial charge in [0.15, 0.2) is 0 Å². The molecule has 1 rings (SSSR count). The molecule has 3 heteroatoms. The Morgan fingerprint density at radius 3 is 2.00 bits per heavy atom. The lowest BCUT2D eigenvalue weighted by Crippen LogP contribution is -2.31. The number of aliphatic hydroxyl groups excluding tert-OH is 2. The van der Waals surface area contributed by atoms with Gasteiger partial charge in [-0.3, -0.25) is 4.90 Å². The molecule has 0 aromatic heterocycles. The van der Waals surface area contributed by atoms with Crippen molar-refractivity contribution in [2.45, 2.75) is 32.1 Å². The van der Waals surface area contributed by atoms with E-state index in [1.54, 1.807) is 0 Å². The van der Waals surface area contributed by atoms with Crippen LogP contribution in [0.1, 0.15) is 32.1 Å². The predicted octanol–water partition coefficient (Wildman–Crippen LogP) is 0.853. The maximum atomic E-state index is 8.83. The van der Waals surface area contributed by atoms with Crippen LogP contribution in [-0.4, -0.2) is 48.0 Å². The standard InChI is InChI=1S/C11H23NO2/c13-9-7-12(8-10-14)6-5-11-3-1-2-4-11/h11,13-14H,1-10H2. The third-order valence-corrected chi connectivity index (χ3v) is 3.16. The first kappa shape index (κ1) is 12.0. The van der Waals surface area contributed by atoms with E-state index < -0.39 is 0 Å². The number of hydrogen-bond donors (Lipinski definition) is 2. The molecular formula is C11H23NO2. The van der Waals surface area contributed by atoms with Gasteiger partial charge in [-0.15, -0.1) is 0 Å². The molecule has 1 aliphatic rings. The summed E-state index contributed by atoms with van der Waals surface area (Å²) in [7, 11) is 0. The van der Waals surface area contributed by atoms with Gasteiger partial charge in [0.05, 0.1) is 13.2 Å². The minimum absolute atomic E-state index is 0.199. The summed E-state index contributed by atoms with van der Waals surface area (Å²) in [4.78, 5) is 2.15. The van der Waals surface area contributed by atoms with Crippen LogP contribution in [0.5, 0.6) is 0 Å². The zero-order valence-electron chi connectivity index (χ0n) is 8.99. The molecule has 0 spiro atoms. The average Bonchev–Trinajstić information content (AvgIpc) is 2.67. The van der Waals surface area contributed by atoms with Crippen molar-refractivity contribution in [2.24, 2.45) is 5.92 Å². The molecule has 0 aromatic carbocycles. The van der Waals surface area contributed by atoms with Crippen LogP contribution in [0.3, 0.4) is 0 Å². The molecule has 3 nitrogen and oxygen atoms in total. The van der Waals surface area contributed by atoms with Crippen molar-refractivity contribution < 1.29 is 10.2 Å². The molecule has 0 saturated heterocycles. The maximum Gasteiger partial charge on any atom is 0.0558 e. The van der Waals surface area contributed by atoms with Crippen molar-refractivity contribution >= 4 is 0 Å². The Morgan fingerprint density at radius 2 is 1.50 bits per heavy atom. The Hall–Kier alpha value is -0.120. The van der Waals surface area contributed by atoms with Crippen LogP contribution >= 0.6 is 0 Å². The molecule has 84 valence electrons. The highest BCUT2D eigenvalue weighted by atomic mass is 16.3. The number of hydrogen-bond acceptors (Lipinski definition) is 3. The van der Waals surface area contributed by atoms with E-state index in [0.717, 1.165) is 12.5 Å². The first-order chi connectivity index (χ1) is 6.86. The molecule has 0 unspecified atom stereocenters. The number of rotatable bonds is 7. The lowest BCUT2D eigenvalue weighted by Gasteiger charge is -2.21. The minimum atomic E-state index is 0.199. The largest absolute Gasteiger partial charge is 0.395 e. The summed E-state index contributed by atoms with van der Waals surface area (Å²) in [5.41, 5.74) is 0. The maximum absolute atomic E-state index is 8.83. The minimum Gasteiger partial charge on any atom is -0.395 e. The number of nitrogens with zero attached hydrogens (tertiary/aromatic N) is 1. The van der Waals surface area contributed by atoms with E-state index in [-0.39, 0.29) is 13.2 Å². The molecule has 0 atom stereocenters.